The molecule has 7 heteroatoms. The van der Waals surface area contributed by atoms with Crippen LogP contribution in [0.25, 0.3) is 11.0 Å². The maximum absolute atomic E-state index is 11.6. The molecule has 2 aromatic rings. The summed E-state index contributed by atoms with van der Waals surface area (Å²) in [6, 6.07) is 5.73. The number of hydrogen-bond donors (Lipinski definition) is 1. The van der Waals surface area contributed by atoms with Gasteiger partial charge in [-0.05, 0) is 12.1 Å². The van der Waals surface area contributed by atoms with Crippen LogP contribution in [0.4, 0.5) is 0 Å². The molecule has 0 aliphatic carbocycles. The summed E-state index contributed by atoms with van der Waals surface area (Å²) in [5.74, 6) is -1.47. The standard InChI is InChI=1S/C14H12O7/c1-19-10-6-8-2-4-13(17)20-9(8)7-11(10)21-14(18)5-3-12(15)16/h2,4,6-7H,3,5H2,1H3,(H,15,16). The number of hydrogen-bond acceptors (Lipinski definition) is 6. The highest BCUT2D eigenvalue weighted by Crippen LogP contribution is 2.32. The zero-order chi connectivity index (χ0) is 15.4. The summed E-state index contributed by atoms with van der Waals surface area (Å²) in [4.78, 5) is 33.1. The summed E-state index contributed by atoms with van der Waals surface area (Å²) in [6.07, 6.45) is -0.598. The van der Waals surface area contributed by atoms with Gasteiger partial charge >= 0.3 is 17.6 Å². The average molecular weight is 292 g/mol. The maximum atomic E-state index is 11.6. The molecule has 0 aliphatic heterocycles. The van der Waals surface area contributed by atoms with Gasteiger partial charge in [0.05, 0.1) is 20.0 Å². The molecule has 0 saturated heterocycles. The molecule has 0 aliphatic rings. The molecule has 0 atom stereocenters. The zero-order valence-corrected chi connectivity index (χ0v) is 11.1. The molecule has 0 fully saturated rings. The Balaban J connectivity index is 2.31. The van der Waals surface area contributed by atoms with Crippen molar-refractivity contribution in [1.29, 1.82) is 0 Å². The molecule has 2 rings (SSSR count). The largest absolute Gasteiger partial charge is 0.493 e. The lowest BCUT2D eigenvalue weighted by Gasteiger charge is -2.09. The van der Waals surface area contributed by atoms with Crippen LogP contribution in [0.15, 0.2) is 33.5 Å². The molecular weight excluding hydrogens is 280 g/mol. The minimum Gasteiger partial charge on any atom is -0.493 e. The van der Waals surface area contributed by atoms with Crippen LogP contribution >= 0.6 is 0 Å². The van der Waals surface area contributed by atoms with Crippen LogP contribution in [0.5, 0.6) is 11.5 Å². The molecule has 0 unspecified atom stereocenters. The van der Waals surface area contributed by atoms with E-state index in [4.69, 9.17) is 19.0 Å². The Bertz CT molecular complexity index is 745. The molecule has 0 spiro atoms. The van der Waals surface area contributed by atoms with Crippen molar-refractivity contribution in [2.75, 3.05) is 7.11 Å². The Morgan fingerprint density at radius 2 is 1.95 bits per heavy atom. The van der Waals surface area contributed by atoms with Gasteiger partial charge in [0.1, 0.15) is 5.58 Å². The number of aliphatic carboxylic acids is 1. The van der Waals surface area contributed by atoms with E-state index in [0.717, 1.165) is 0 Å². The first kappa shape index (κ1) is 14.6. The highest BCUT2D eigenvalue weighted by molar-refractivity contribution is 5.83. The van der Waals surface area contributed by atoms with Gasteiger partial charge in [0.2, 0.25) is 0 Å². The molecule has 0 bridgehead atoms. The van der Waals surface area contributed by atoms with Crippen LogP contribution in [0.1, 0.15) is 12.8 Å². The Morgan fingerprint density at radius 1 is 1.19 bits per heavy atom. The number of carbonyl (C=O) groups excluding carboxylic acids is 1. The van der Waals surface area contributed by atoms with Crippen molar-refractivity contribution in [3.05, 3.63) is 34.7 Å². The van der Waals surface area contributed by atoms with E-state index in [2.05, 4.69) is 0 Å². The summed E-state index contributed by atoms with van der Waals surface area (Å²) in [6.45, 7) is 0. The Morgan fingerprint density at radius 3 is 2.62 bits per heavy atom. The van der Waals surface area contributed by atoms with Crippen molar-refractivity contribution in [1.82, 2.24) is 0 Å². The molecular formula is C14H12O7. The maximum Gasteiger partial charge on any atom is 0.336 e. The van der Waals surface area contributed by atoms with Gasteiger partial charge in [-0.1, -0.05) is 0 Å². The Hall–Kier alpha value is -2.83. The van der Waals surface area contributed by atoms with Gasteiger partial charge in [0, 0.05) is 17.5 Å². The Kier molecular flexibility index (Phi) is 4.22. The summed E-state index contributed by atoms with van der Waals surface area (Å²) in [5, 5.41) is 9.13. The predicted molar refractivity (Wildman–Crippen MR) is 71.5 cm³/mol. The van der Waals surface area contributed by atoms with Crippen molar-refractivity contribution >= 4 is 22.9 Å². The van der Waals surface area contributed by atoms with Crippen LogP contribution < -0.4 is 15.1 Å². The van der Waals surface area contributed by atoms with Gasteiger partial charge in [0.15, 0.2) is 11.5 Å². The van der Waals surface area contributed by atoms with Crippen molar-refractivity contribution in [3.8, 4) is 11.5 Å². The van der Waals surface area contributed by atoms with E-state index < -0.39 is 17.6 Å². The second-order valence-electron chi connectivity index (χ2n) is 4.16. The predicted octanol–water partition coefficient (Wildman–Crippen LogP) is 1.57. The average Bonchev–Trinajstić information content (AvgIpc) is 2.44. The third kappa shape index (κ3) is 3.59. The fourth-order valence-corrected chi connectivity index (χ4v) is 1.70. The number of carbonyl (C=O) groups is 2. The van der Waals surface area contributed by atoms with Crippen LogP contribution in [-0.4, -0.2) is 24.2 Å². The first-order chi connectivity index (χ1) is 9.99. The first-order valence-electron chi connectivity index (χ1n) is 6.04. The monoisotopic (exact) mass is 292 g/mol. The summed E-state index contributed by atoms with van der Waals surface area (Å²) in [5.41, 5.74) is -0.292. The molecule has 0 radical (unpaired) electrons. The van der Waals surface area contributed by atoms with Gasteiger partial charge in [-0.3, -0.25) is 9.59 Å². The number of ether oxygens (including phenoxy) is 2. The van der Waals surface area contributed by atoms with Gasteiger partial charge in [0.25, 0.3) is 0 Å². The minimum atomic E-state index is -1.09. The Labute approximate surface area is 118 Å². The topological polar surface area (TPSA) is 103 Å². The number of benzene rings is 1. The molecule has 0 saturated carbocycles. The van der Waals surface area contributed by atoms with Crippen LogP contribution in [0, 0.1) is 0 Å². The van der Waals surface area contributed by atoms with E-state index in [9.17, 15) is 14.4 Å². The molecule has 0 amide bonds. The SMILES string of the molecule is COc1cc2ccc(=O)oc2cc1OC(=O)CCC(=O)O. The second kappa shape index (κ2) is 6.08. The first-order valence-corrected chi connectivity index (χ1v) is 6.04. The molecule has 1 N–H and O–H groups in total. The van der Waals surface area contributed by atoms with Crippen LogP contribution in [0.3, 0.4) is 0 Å². The molecule has 110 valence electrons. The minimum absolute atomic E-state index is 0.0646. The third-order valence-corrected chi connectivity index (χ3v) is 2.67. The van der Waals surface area contributed by atoms with Gasteiger partial charge in [-0.2, -0.15) is 0 Å². The van der Waals surface area contributed by atoms with Crippen molar-refractivity contribution < 1.29 is 28.6 Å². The van der Waals surface area contributed by atoms with Gasteiger partial charge < -0.3 is 19.0 Å². The smallest absolute Gasteiger partial charge is 0.336 e. The quantitative estimate of drug-likeness (QED) is 0.506. The lowest BCUT2D eigenvalue weighted by atomic mass is 10.2. The second-order valence-corrected chi connectivity index (χ2v) is 4.16. The lowest BCUT2D eigenvalue weighted by molar-refractivity contribution is -0.142. The van der Waals surface area contributed by atoms with E-state index in [1.165, 1.54) is 19.2 Å². The highest BCUT2D eigenvalue weighted by atomic mass is 16.6. The number of carboxylic acids is 1. The summed E-state index contributed by atoms with van der Waals surface area (Å²) >= 11 is 0. The van der Waals surface area contributed by atoms with E-state index in [1.807, 2.05) is 0 Å². The molecule has 21 heavy (non-hydrogen) atoms. The number of fused-ring (bicyclic) bond motifs is 1. The number of esters is 1. The third-order valence-electron chi connectivity index (χ3n) is 2.67. The zero-order valence-electron chi connectivity index (χ0n) is 11.1. The number of rotatable bonds is 5. The van der Waals surface area contributed by atoms with Gasteiger partial charge in [-0.25, -0.2) is 4.79 Å². The molecule has 7 nitrogen and oxygen atoms in total. The fourth-order valence-electron chi connectivity index (χ4n) is 1.70. The van der Waals surface area contributed by atoms with E-state index >= 15 is 0 Å². The highest BCUT2D eigenvalue weighted by Gasteiger charge is 2.14. The normalized spacial score (nSPS) is 10.3. The summed E-state index contributed by atoms with van der Waals surface area (Å²) < 4.78 is 15.1. The number of carboxylic acid groups (broad SMARTS) is 1. The van der Waals surface area contributed by atoms with Crippen LogP contribution in [-0.2, 0) is 9.59 Å². The van der Waals surface area contributed by atoms with Crippen molar-refractivity contribution in [2.45, 2.75) is 12.8 Å². The van der Waals surface area contributed by atoms with Crippen molar-refractivity contribution in [2.24, 2.45) is 0 Å². The van der Waals surface area contributed by atoms with E-state index in [1.54, 1.807) is 12.1 Å². The van der Waals surface area contributed by atoms with E-state index in [0.29, 0.717) is 5.39 Å². The van der Waals surface area contributed by atoms with E-state index in [-0.39, 0.29) is 29.9 Å². The molecule has 1 aromatic heterocycles. The fraction of sp³-hybridized carbons (Fsp3) is 0.214. The number of methoxy groups -OCH3 is 1. The molecule has 1 heterocycles. The lowest BCUT2D eigenvalue weighted by Crippen LogP contribution is -2.11. The summed E-state index contributed by atoms with van der Waals surface area (Å²) in [7, 11) is 1.40. The van der Waals surface area contributed by atoms with Crippen LogP contribution in [0.2, 0.25) is 0 Å². The van der Waals surface area contributed by atoms with Crippen molar-refractivity contribution in [3.63, 3.8) is 0 Å². The molecule has 1 aromatic carbocycles. The van der Waals surface area contributed by atoms with Gasteiger partial charge in [-0.15, -0.1) is 0 Å².